The molecule has 0 radical (unpaired) electrons. The molecule has 0 heterocycles. The number of nitrogens with one attached hydrogen (secondary N) is 1. The number of alkyl halides is 3. The van der Waals surface area contributed by atoms with Gasteiger partial charge in [0.15, 0.2) is 11.6 Å². The van der Waals surface area contributed by atoms with Gasteiger partial charge in [0.2, 0.25) is 0 Å². The maximum absolute atomic E-state index is 13.0. The highest BCUT2D eigenvalue weighted by atomic mass is 19.4. The van der Waals surface area contributed by atoms with Crippen LogP contribution in [0, 0.1) is 17.5 Å². The van der Waals surface area contributed by atoms with Gasteiger partial charge in [0.1, 0.15) is 5.82 Å². The van der Waals surface area contributed by atoms with Crippen LogP contribution in [-0.4, -0.2) is 12.7 Å². The molecule has 1 nitrogen and oxygen atoms in total. The fourth-order valence-electron chi connectivity index (χ4n) is 1.15. The van der Waals surface area contributed by atoms with Crippen molar-refractivity contribution in [2.75, 3.05) is 6.54 Å². The summed E-state index contributed by atoms with van der Waals surface area (Å²) in [6, 6.07) is 0.974. The Morgan fingerprint density at radius 2 is 1.53 bits per heavy atom. The van der Waals surface area contributed by atoms with E-state index in [0.717, 1.165) is 0 Å². The first-order valence-electron chi connectivity index (χ1n) is 4.70. The van der Waals surface area contributed by atoms with Crippen molar-refractivity contribution in [2.45, 2.75) is 19.1 Å². The van der Waals surface area contributed by atoms with E-state index >= 15 is 0 Å². The van der Waals surface area contributed by atoms with Gasteiger partial charge in [-0.05, 0) is 6.07 Å². The van der Waals surface area contributed by atoms with E-state index in [0.29, 0.717) is 12.1 Å². The summed E-state index contributed by atoms with van der Waals surface area (Å²) in [4.78, 5) is 0. The van der Waals surface area contributed by atoms with Crippen LogP contribution in [0.25, 0.3) is 0 Å². The van der Waals surface area contributed by atoms with Crippen LogP contribution in [0.2, 0.25) is 0 Å². The van der Waals surface area contributed by atoms with E-state index in [1.165, 1.54) is 0 Å². The van der Waals surface area contributed by atoms with Crippen LogP contribution < -0.4 is 5.32 Å². The van der Waals surface area contributed by atoms with E-state index in [1.54, 1.807) is 0 Å². The minimum atomic E-state index is -4.31. The molecular weight excluding hydrogens is 248 g/mol. The van der Waals surface area contributed by atoms with Crippen molar-refractivity contribution in [2.24, 2.45) is 0 Å². The highest BCUT2D eigenvalue weighted by molar-refractivity contribution is 5.19. The molecule has 1 rings (SSSR count). The molecule has 1 aromatic rings. The predicted octanol–water partition coefficient (Wildman–Crippen LogP) is 3.15. The van der Waals surface area contributed by atoms with Crippen LogP contribution >= 0.6 is 0 Å². The monoisotopic (exact) mass is 257 g/mol. The summed E-state index contributed by atoms with van der Waals surface area (Å²) in [5.41, 5.74) is -0.217. The molecular formula is C10H9F6N. The predicted molar refractivity (Wildman–Crippen MR) is 48.7 cm³/mol. The Morgan fingerprint density at radius 3 is 2.12 bits per heavy atom. The molecule has 0 spiro atoms. The van der Waals surface area contributed by atoms with Crippen molar-refractivity contribution in [1.29, 1.82) is 0 Å². The van der Waals surface area contributed by atoms with Gasteiger partial charge in [-0.3, -0.25) is 0 Å². The Morgan fingerprint density at radius 1 is 0.941 bits per heavy atom. The van der Waals surface area contributed by atoms with Gasteiger partial charge in [0.05, 0.1) is 6.42 Å². The van der Waals surface area contributed by atoms with Crippen molar-refractivity contribution < 1.29 is 26.3 Å². The van der Waals surface area contributed by atoms with E-state index in [-0.39, 0.29) is 12.1 Å². The second-order valence-corrected chi connectivity index (χ2v) is 3.40. The molecule has 1 aromatic carbocycles. The number of hydrogen-bond acceptors (Lipinski definition) is 1. The van der Waals surface area contributed by atoms with E-state index in [1.807, 2.05) is 0 Å². The Kier molecular flexibility index (Phi) is 4.39. The lowest BCUT2D eigenvalue weighted by molar-refractivity contribution is -0.133. The minimum absolute atomic E-state index is 0.217. The first-order valence-corrected chi connectivity index (χ1v) is 4.70. The van der Waals surface area contributed by atoms with Crippen molar-refractivity contribution in [3.05, 3.63) is 35.1 Å². The van der Waals surface area contributed by atoms with Gasteiger partial charge in [-0.25, -0.2) is 13.2 Å². The number of hydrogen-bond donors (Lipinski definition) is 1. The molecule has 0 aliphatic heterocycles. The highest BCUT2D eigenvalue weighted by Gasteiger charge is 2.25. The topological polar surface area (TPSA) is 12.0 Å². The summed E-state index contributed by atoms with van der Waals surface area (Å²) in [6.07, 6.45) is -5.38. The fraction of sp³-hybridized carbons (Fsp3) is 0.400. The van der Waals surface area contributed by atoms with E-state index in [4.69, 9.17) is 0 Å². The summed E-state index contributed by atoms with van der Waals surface area (Å²) in [5, 5.41) is 2.30. The lowest BCUT2D eigenvalue weighted by Gasteiger charge is -2.08. The summed E-state index contributed by atoms with van der Waals surface area (Å²) in [6.45, 7) is -0.707. The van der Waals surface area contributed by atoms with Gasteiger partial charge in [0, 0.05) is 24.7 Å². The molecule has 0 amide bonds. The molecule has 96 valence electrons. The zero-order valence-corrected chi connectivity index (χ0v) is 8.54. The summed E-state index contributed by atoms with van der Waals surface area (Å²) in [5.74, 6) is -3.57. The standard InChI is InChI=1S/C10H9F6N/c11-7-4-9(13)8(12)3-6(7)5-17-2-1-10(14,15)16/h3-4,17H,1-2,5H2. The maximum Gasteiger partial charge on any atom is 0.390 e. The number of halogens is 6. The van der Waals surface area contributed by atoms with Gasteiger partial charge in [-0.1, -0.05) is 0 Å². The fourth-order valence-corrected chi connectivity index (χ4v) is 1.15. The third kappa shape index (κ3) is 4.64. The van der Waals surface area contributed by atoms with Gasteiger partial charge >= 0.3 is 6.18 Å². The normalized spacial score (nSPS) is 11.9. The summed E-state index contributed by atoms with van der Waals surface area (Å²) < 4.78 is 73.5. The van der Waals surface area contributed by atoms with Crippen molar-refractivity contribution in [3.8, 4) is 0 Å². The van der Waals surface area contributed by atoms with Gasteiger partial charge in [-0.15, -0.1) is 0 Å². The summed E-state index contributed by atoms with van der Waals surface area (Å²) in [7, 11) is 0. The van der Waals surface area contributed by atoms with Gasteiger partial charge in [0.25, 0.3) is 0 Å². The molecule has 17 heavy (non-hydrogen) atoms. The van der Waals surface area contributed by atoms with Crippen LogP contribution in [0.4, 0.5) is 26.3 Å². The zero-order valence-electron chi connectivity index (χ0n) is 8.54. The first kappa shape index (κ1) is 13.8. The Hall–Kier alpha value is -1.24. The van der Waals surface area contributed by atoms with Crippen LogP contribution in [0.3, 0.4) is 0 Å². The van der Waals surface area contributed by atoms with Crippen molar-refractivity contribution in [3.63, 3.8) is 0 Å². The second kappa shape index (κ2) is 5.39. The molecule has 0 saturated heterocycles. The van der Waals surface area contributed by atoms with E-state index < -0.39 is 36.6 Å². The Balaban J connectivity index is 2.50. The molecule has 0 bridgehead atoms. The second-order valence-electron chi connectivity index (χ2n) is 3.40. The third-order valence-corrected chi connectivity index (χ3v) is 1.99. The number of benzene rings is 1. The molecule has 0 aliphatic rings. The summed E-state index contributed by atoms with van der Waals surface area (Å²) >= 11 is 0. The Labute approximate surface area is 93.4 Å². The van der Waals surface area contributed by atoms with Crippen LogP contribution in [-0.2, 0) is 6.54 Å². The third-order valence-electron chi connectivity index (χ3n) is 1.99. The lowest BCUT2D eigenvalue weighted by Crippen LogP contribution is -2.21. The van der Waals surface area contributed by atoms with Crippen LogP contribution in [0.1, 0.15) is 12.0 Å². The molecule has 7 heteroatoms. The Bertz CT molecular complexity index is 387. The van der Waals surface area contributed by atoms with Crippen LogP contribution in [0.15, 0.2) is 12.1 Å². The molecule has 0 unspecified atom stereocenters. The SMILES string of the molecule is Fc1cc(F)c(CNCCC(F)(F)F)cc1F. The lowest BCUT2D eigenvalue weighted by atomic mass is 10.2. The van der Waals surface area contributed by atoms with E-state index in [2.05, 4.69) is 5.32 Å². The van der Waals surface area contributed by atoms with Crippen LogP contribution in [0.5, 0.6) is 0 Å². The average molecular weight is 257 g/mol. The molecule has 0 fully saturated rings. The minimum Gasteiger partial charge on any atom is -0.312 e. The average Bonchev–Trinajstić information content (AvgIpc) is 2.18. The molecule has 1 N–H and O–H groups in total. The molecule has 0 aromatic heterocycles. The quantitative estimate of drug-likeness (QED) is 0.496. The van der Waals surface area contributed by atoms with Gasteiger partial charge in [-0.2, -0.15) is 13.2 Å². The van der Waals surface area contributed by atoms with Crippen molar-refractivity contribution in [1.82, 2.24) is 5.32 Å². The molecule has 0 saturated carbocycles. The smallest absolute Gasteiger partial charge is 0.312 e. The molecule has 0 atom stereocenters. The molecule has 0 aliphatic carbocycles. The zero-order chi connectivity index (χ0) is 13.1. The van der Waals surface area contributed by atoms with E-state index in [9.17, 15) is 26.3 Å². The maximum atomic E-state index is 13.0. The van der Waals surface area contributed by atoms with Crippen molar-refractivity contribution >= 4 is 0 Å². The number of rotatable bonds is 4. The largest absolute Gasteiger partial charge is 0.390 e. The van der Waals surface area contributed by atoms with Gasteiger partial charge < -0.3 is 5.32 Å². The highest BCUT2D eigenvalue weighted by Crippen LogP contribution is 2.18. The first-order chi connectivity index (χ1) is 7.79.